The SMILES string of the molecule is CCc1ccccc1NC(=O)CN(C)C(=O)COC(=O)c1cccc(C)c1C. The molecule has 2 aromatic rings. The fourth-order valence-corrected chi connectivity index (χ4v) is 2.73. The summed E-state index contributed by atoms with van der Waals surface area (Å²) in [5, 5.41) is 2.81. The van der Waals surface area contributed by atoms with Crippen LogP contribution < -0.4 is 5.32 Å². The normalized spacial score (nSPS) is 10.3. The van der Waals surface area contributed by atoms with Crippen LogP contribution in [0.1, 0.15) is 34.0 Å². The molecule has 0 aliphatic rings. The van der Waals surface area contributed by atoms with Gasteiger partial charge in [0.15, 0.2) is 6.61 Å². The second kappa shape index (κ2) is 9.69. The molecule has 0 aromatic heterocycles. The van der Waals surface area contributed by atoms with Gasteiger partial charge in [0.1, 0.15) is 0 Å². The summed E-state index contributed by atoms with van der Waals surface area (Å²) in [6, 6.07) is 12.9. The van der Waals surface area contributed by atoms with E-state index in [-0.39, 0.29) is 12.5 Å². The van der Waals surface area contributed by atoms with Crippen molar-refractivity contribution in [2.75, 3.05) is 25.5 Å². The van der Waals surface area contributed by atoms with Gasteiger partial charge in [-0.2, -0.15) is 0 Å². The monoisotopic (exact) mass is 382 g/mol. The molecule has 148 valence electrons. The highest BCUT2D eigenvalue weighted by atomic mass is 16.5. The predicted molar refractivity (Wildman–Crippen MR) is 108 cm³/mol. The number of anilines is 1. The highest BCUT2D eigenvalue weighted by Gasteiger charge is 2.17. The maximum atomic E-state index is 12.2. The lowest BCUT2D eigenvalue weighted by Crippen LogP contribution is -2.37. The van der Waals surface area contributed by atoms with Crippen molar-refractivity contribution in [3.05, 3.63) is 64.7 Å². The molecular weight excluding hydrogens is 356 g/mol. The Labute approximate surface area is 165 Å². The Hall–Kier alpha value is -3.15. The number of hydrogen-bond acceptors (Lipinski definition) is 4. The minimum absolute atomic E-state index is 0.127. The van der Waals surface area contributed by atoms with Crippen LogP contribution in [0.2, 0.25) is 0 Å². The van der Waals surface area contributed by atoms with E-state index in [9.17, 15) is 14.4 Å². The summed E-state index contributed by atoms with van der Waals surface area (Å²) in [6.07, 6.45) is 0.791. The molecule has 0 unspecified atom stereocenters. The fraction of sp³-hybridized carbons (Fsp3) is 0.318. The molecule has 2 amide bonds. The Kier molecular flexibility index (Phi) is 7.32. The van der Waals surface area contributed by atoms with E-state index >= 15 is 0 Å². The summed E-state index contributed by atoms with van der Waals surface area (Å²) >= 11 is 0. The molecule has 0 fully saturated rings. The highest BCUT2D eigenvalue weighted by Crippen LogP contribution is 2.15. The van der Waals surface area contributed by atoms with Crippen LogP contribution in [0.25, 0.3) is 0 Å². The lowest BCUT2D eigenvalue weighted by molar-refractivity contribution is -0.136. The Morgan fingerprint density at radius 3 is 2.46 bits per heavy atom. The van der Waals surface area contributed by atoms with E-state index in [1.165, 1.54) is 11.9 Å². The van der Waals surface area contributed by atoms with Gasteiger partial charge in [-0.1, -0.05) is 37.3 Å². The molecule has 0 spiro atoms. The van der Waals surface area contributed by atoms with Crippen molar-refractivity contribution in [3.8, 4) is 0 Å². The molecule has 2 aromatic carbocycles. The van der Waals surface area contributed by atoms with Crippen LogP contribution in [0.5, 0.6) is 0 Å². The minimum Gasteiger partial charge on any atom is -0.452 e. The number of esters is 1. The van der Waals surface area contributed by atoms with Crippen LogP contribution in [0.3, 0.4) is 0 Å². The predicted octanol–water partition coefficient (Wildman–Crippen LogP) is 3.12. The van der Waals surface area contributed by atoms with E-state index in [1.54, 1.807) is 12.1 Å². The number of amides is 2. The third-order valence-electron chi connectivity index (χ3n) is 4.63. The number of para-hydroxylation sites is 1. The standard InChI is InChI=1S/C22H26N2O4/c1-5-17-10-6-7-12-19(17)23-20(25)13-24(4)21(26)14-28-22(27)18-11-8-9-15(2)16(18)3/h6-12H,5,13-14H2,1-4H3,(H,23,25). The summed E-state index contributed by atoms with van der Waals surface area (Å²) in [7, 11) is 1.50. The summed E-state index contributed by atoms with van der Waals surface area (Å²) in [4.78, 5) is 37.9. The Morgan fingerprint density at radius 2 is 1.75 bits per heavy atom. The Bertz CT molecular complexity index is 877. The Morgan fingerprint density at radius 1 is 1.04 bits per heavy atom. The smallest absolute Gasteiger partial charge is 0.338 e. The topological polar surface area (TPSA) is 75.7 Å². The first-order valence-corrected chi connectivity index (χ1v) is 9.18. The van der Waals surface area contributed by atoms with E-state index in [0.29, 0.717) is 5.56 Å². The first-order valence-electron chi connectivity index (χ1n) is 9.18. The zero-order chi connectivity index (χ0) is 20.7. The number of carbonyl (C=O) groups excluding carboxylic acids is 3. The van der Waals surface area contributed by atoms with Gasteiger partial charge in [0.05, 0.1) is 12.1 Å². The summed E-state index contributed by atoms with van der Waals surface area (Å²) < 4.78 is 5.12. The average Bonchev–Trinajstić information content (AvgIpc) is 2.68. The van der Waals surface area contributed by atoms with Gasteiger partial charge < -0.3 is 15.0 Å². The third-order valence-corrected chi connectivity index (χ3v) is 4.63. The van der Waals surface area contributed by atoms with Gasteiger partial charge in [-0.3, -0.25) is 9.59 Å². The molecule has 0 heterocycles. The van der Waals surface area contributed by atoms with E-state index in [1.807, 2.05) is 51.1 Å². The first-order chi connectivity index (χ1) is 13.3. The van der Waals surface area contributed by atoms with E-state index in [0.717, 1.165) is 28.8 Å². The largest absolute Gasteiger partial charge is 0.452 e. The summed E-state index contributed by atoms with van der Waals surface area (Å²) in [6.45, 7) is 5.20. The molecule has 2 rings (SSSR count). The van der Waals surface area contributed by atoms with Crippen molar-refractivity contribution < 1.29 is 19.1 Å². The highest BCUT2D eigenvalue weighted by molar-refractivity contribution is 5.96. The number of carbonyl (C=O) groups is 3. The van der Waals surface area contributed by atoms with Crippen molar-refractivity contribution in [2.24, 2.45) is 0 Å². The molecule has 6 nitrogen and oxygen atoms in total. The number of benzene rings is 2. The number of rotatable bonds is 7. The number of nitrogens with zero attached hydrogens (tertiary/aromatic N) is 1. The van der Waals surface area contributed by atoms with E-state index in [4.69, 9.17) is 4.74 Å². The summed E-state index contributed by atoms with van der Waals surface area (Å²) in [5.74, 6) is -1.31. The van der Waals surface area contributed by atoms with Crippen molar-refractivity contribution in [1.29, 1.82) is 0 Å². The number of likely N-dealkylation sites (N-methyl/N-ethyl adjacent to an activating group) is 1. The van der Waals surface area contributed by atoms with E-state index < -0.39 is 18.5 Å². The lowest BCUT2D eigenvalue weighted by atomic mass is 10.0. The molecule has 0 radical (unpaired) electrons. The van der Waals surface area contributed by atoms with Crippen molar-refractivity contribution in [2.45, 2.75) is 27.2 Å². The van der Waals surface area contributed by atoms with Gasteiger partial charge in [-0.15, -0.1) is 0 Å². The van der Waals surface area contributed by atoms with Crippen molar-refractivity contribution in [3.63, 3.8) is 0 Å². The van der Waals surface area contributed by atoms with Crippen LogP contribution in [0.15, 0.2) is 42.5 Å². The van der Waals surface area contributed by atoms with Crippen LogP contribution in [0, 0.1) is 13.8 Å². The first kappa shape index (κ1) is 21.2. The van der Waals surface area contributed by atoms with Gasteiger partial charge in [0, 0.05) is 12.7 Å². The molecular formula is C22H26N2O4. The maximum Gasteiger partial charge on any atom is 0.338 e. The number of hydrogen-bond donors (Lipinski definition) is 1. The van der Waals surface area contributed by atoms with Crippen LogP contribution >= 0.6 is 0 Å². The second-order valence-electron chi connectivity index (χ2n) is 6.63. The molecule has 0 saturated heterocycles. The van der Waals surface area contributed by atoms with Crippen LogP contribution in [-0.2, 0) is 20.7 Å². The zero-order valence-corrected chi connectivity index (χ0v) is 16.7. The zero-order valence-electron chi connectivity index (χ0n) is 16.7. The fourth-order valence-electron chi connectivity index (χ4n) is 2.73. The quantitative estimate of drug-likeness (QED) is 0.747. The minimum atomic E-state index is -0.552. The molecule has 0 atom stereocenters. The van der Waals surface area contributed by atoms with Gasteiger partial charge in [-0.05, 0) is 49.1 Å². The maximum absolute atomic E-state index is 12.2. The molecule has 6 heteroatoms. The van der Waals surface area contributed by atoms with Crippen LogP contribution in [-0.4, -0.2) is 42.9 Å². The third kappa shape index (κ3) is 5.42. The second-order valence-corrected chi connectivity index (χ2v) is 6.63. The molecule has 0 aliphatic carbocycles. The molecule has 0 bridgehead atoms. The molecule has 28 heavy (non-hydrogen) atoms. The van der Waals surface area contributed by atoms with Gasteiger partial charge in [0.25, 0.3) is 5.91 Å². The lowest BCUT2D eigenvalue weighted by Gasteiger charge is -2.18. The average molecular weight is 382 g/mol. The van der Waals surface area contributed by atoms with Gasteiger partial charge in [-0.25, -0.2) is 4.79 Å². The van der Waals surface area contributed by atoms with Gasteiger partial charge >= 0.3 is 5.97 Å². The van der Waals surface area contributed by atoms with E-state index in [2.05, 4.69) is 5.32 Å². The molecule has 1 N–H and O–H groups in total. The molecule has 0 saturated carbocycles. The number of ether oxygens (including phenoxy) is 1. The van der Waals surface area contributed by atoms with Crippen molar-refractivity contribution in [1.82, 2.24) is 4.90 Å². The summed E-state index contributed by atoms with van der Waals surface area (Å²) in [5.41, 5.74) is 3.98. The molecule has 0 aliphatic heterocycles. The van der Waals surface area contributed by atoms with Crippen molar-refractivity contribution >= 4 is 23.5 Å². The van der Waals surface area contributed by atoms with Crippen LogP contribution in [0.4, 0.5) is 5.69 Å². The number of aryl methyl sites for hydroxylation is 2. The number of nitrogens with one attached hydrogen (secondary N) is 1. The van der Waals surface area contributed by atoms with Gasteiger partial charge in [0.2, 0.25) is 5.91 Å². The Balaban J connectivity index is 1.87.